The Morgan fingerprint density at radius 3 is 0.209 bits per heavy atom. The number of hydrogen-bond acceptors (Lipinski definition) is 8. The molecule has 6 aromatic rings. The topological polar surface area (TPSA) is 2340 Å². The van der Waals surface area contributed by atoms with Crippen molar-refractivity contribution >= 4 is 15.6 Å². The van der Waals surface area contributed by atoms with Crippen LogP contribution in [0.4, 0.5) is 0 Å². The molecule has 0 aliphatic carbocycles. The minimum absolute atomic E-state index is 0. The van der Waals surface area contributed by atoms with Gasteiger partial charge in [-0.2, -0.15) is 15.6 Å². The molecule has 0 amide bonds. The summed E-state index contributed by atoms with van der Waals surface area (Å²) in [6.07, 6.45) is 43.2. The molecule has 148 heavy (non-hydrogen) atoms. The number of unbranched alkanes of at least 4 members (excludes halogenated alkanes) is 3. The third-order valence-electron chi connectivity index (χ3n) is 6.86. The maximum Gasteiger partial charge on any atom is 0.241 e. The van der Waals surface area contributed by atoms with Crippen LogP contribution in [0.2, 0.25) is 0 Å². The number of rotatable bonds is 15. The number of H-pyrrole nitrogens is 6. The molecule has 0 unspecified atom stereocenters. The first-order chi connectivity index (χ1) is 24.8. The molecule has 6 rings (SSSR count). The fraction of sp³-hybridized carbons (Fsp3) is 0.400. The van der Waals surface area contributed by atoms with Gasteiger partial charge in [-0.3, -0.25) is 29.9 Å². The van der Waals surface area contributed by atoms with Crippen molar-refractivity contribution in [2.45, 2.75) is 77.8 Å². The third kappa shape index (κ3) is 708. The standard InChI is InChI=1S/3C10H14N4.24Mo.2H3O4P.72O/c3*1(5-13-7-3-11-9-13)2-6-14-8-4-12-10-14;;;;;;;;;;;;;;;;;;;;;;;;;2*1-5(2,3)4;;;;;;;;;;;;;;;;;;;;;;;;;;;;;;;;;;;;;;;;;;;;;;;;;;;;;;;;;;;;;;;;;;;;;;;;/h3*3-4,7-10H,1-2,5-6H2;;;;;;;;;;;;;;;;;;;;;;;;;2*(H3,1,2,3,4);;;;;;;;;;;;;;;;;;;;;;;;;;;;;;;;;;;;;;;;;;;;;;;;;;;;;;;;;;;;;;;;;;;;;;;;/q;;;;;;;;;;;;;;;;;;;;;;;;;;;;;72*-2. The molecule has 6 heterocycles. The number of aromatic amines is 6. The summed E-state index contributed by atoms with van der Waals surface area (Å²) < 4.78 is 30.1. The van der Waals surface area contributed by atoms with E-state index in [4.69, 9.17) is 38.5 Å². The molecule has 0 fully saturated rings. The van der Waals surface area contributed by atoms with Gasteiger partial charge < -0.3 is 433 Å². The van der Waals surface area contributed by atoms with Crippen LogP contribution in [-0.2, 0) is 948 Å². The molecule has 0 atom stereocenters. The molecule has 0 saturated carbocycles. The monoisotopic (exact) mass is 4270 g/mol. The summed E-state index contributed by atoms with van der Waals surface area (Å²) >= 11 is 0. The largest absolute Gasteiger partial charge is 2.00 e. The van der Waals surface area contributed by atoms with Gasteiger partial charge in [0.1, 0.15) is 74.4 Å². The number of imidazole rings is 6. The first-order valence-corrected chi connectivity index (χ1v) is 19.3. The second kappa shape index (κ2) is 666. The molecule has 6 aromatic heterocycles. The van der Waals surface area contributed by atoms with Gasteiger partial charge in [-0.1, -0.05) is 0 Å². The Balaban J connectivity index is -0.00000000223. The maximum absolute atomic E-state index is 8.55. The molecule has 118 heteroatoms. The van der Waals surface area contributed by atoms with E-state index < -0.39 is 15.6 Å². The van der Waals surface area contributed by atoms with Gasteiger partial charge in [-0.25, -0.2) is 27.4 Å². The Morgan fingerprint density at radius 1 is 0.128 bits per heavy atom. The summed E-state index contributed by atoms with van der Waals surface area (Å²) in [4.78, 5) is 69.5. The van der Waals surface area contributed by atoms with Crippen LogP contribution in [0.5, 0.6) is 0 Å². The van der Waals surface area contributed by atoms with Crippen LogP contribution in [0.15, 0.2) is 112 Å². The normalized spacial score (nSPS) is 3.80. The molecule has 1006 valence electrons. The molecule has 0 spiro atoms. The Morgan fingerprint density at radius 2 is 0.176 bits per heavy atom. The quantitative estimate of drug-likeness (QED) is 0.0248. The minimum Gasteiger partial charge on any atom is -2.00 e. The summed E-state index contributed by atoms with van der Waals surface area (Å²) in [6.45, 7) is 6.55. The molecule has 0 radical (unpaired) electrons. The van der Waals surface area contributed by atoms with Gasteiger partial charge in [0, 0.05) is 506 Å². The van der Waals surface area contributed by atoms with Crippen LogP contribution in [-0.4, -0.2) is 29.9 Å². The SMILES string of the molecule is O=P([O-])([O-])[O-].O=P([O-])([O-])[O-].[Mo].[Mo].[Mo].[Mo].[Mo].[Mo].[Mo].[Mo].[Mo].[Mo].[Mo].[Mo].[Mo].[Mo].[Mo].[Mo].[Mo].[Mo].[Mo].[Mo].[Mo].[Mo].[Mo].[Mo].[O-2].[O-2].[O-2].[O-2].[O-2].[O-2].[O-2].[O-2].[O-2].[O-2].[O-2].[O-2].[O-2].[O-2].[O-2].[O-2].[O-2].[O-2].[O-2].[O-2].[O-2].[O-2].[O-2].[O-2].[O-2].[O-2].[O-2].[O-2].[O-2].[O-2].[O-2].[O-2].[O-2].[O-2].[O-2].[O-2].[O-2].[O-2].[O-2].[O-2].[O-2].[O-2].[O-2].[O-2].[O-2].[O-2].[O-2].[O-2].[O-2].[O-2].[O-2].[O-2].[O-2].[O-2].[O-2].[O-2].[O-2].[O-2].[O-2].[O-2].[O-2].[O-2].[O-2].[O-2].[O-2].[O-2].[O-2].[O-2].[O-2].[O-2].[O-2].[O-2].c1c[n+](CCCC[n+]2cc[nH]c2)c[nH]1.c1c[n+](CCCC[n+]2cc[nH]c2)c[nH]1.c1c[n+](CCCC[n+]2cc[nH]c2)c[nH]1. The van der Waals surface area contributed by atoms with Gasteiger partial charge in [-0.15, -0.1) is 0 Å². The van der Waals surface area contributed by atoms with Crippen LogP contribution in [0.25, 0.3) is 0 Å². The zero-order valence-electron chi connectivity index (χ0n) is 67.9. The molecule has 0 aromatic carbocycles. The Bertz CT molecular complexity index is 1570. The van der Waals surface area contributed by atoms with Crippen LogP contribution >= 0.6 is 15.6 Å². The van der Waals surface area contributed by atoms with Gasteiger partial charge in [0.15, 0.2) is 0 Å². The van der Waals surface area contributed by atoms with E-state index in [0.29, 0.717) is 0 Å². The second-order valence-electron chi connectivity index (χ2n) is 11.1. The van der Waals surface area contributed by atoms with Crippen molar-refractivity contribution in [3.05, 3.63) is 112 Å². The van der Waals surface area contributed by atoms with Gasteiger partial charge in [-0.05, 0) is 38.5 Å². The zero-order chi connectivity index (χ0) is 37.9. The predicted molar refractivity (Wildman–Crippen MR) is 218 cm³/mol. The number of phosphoric acid groups is 2. The first-order valence-electron chi connectivity index (χ1n) is 16.4. The van der Waals surface area contributed by atoms with Crippen LogP contribution in [0.3, 0.4) is 0 Å². The number of aryl methyl sites for hydroxylation is 6. The van der Waals surface area contributed by atoms with Gasteiger partial charge in [0.05, 0.1) is 39.3 Å². The van der Waals surface area contributed by atoms with E-state index >= 15 is 0 Å². The van der Waals surface area contributed by atoms with Gasteiger partial charge in [0.25, 0.3) is 0 Å². The molecular formula is C30H48Mo24N12O80P2-144. The zero-order valence-corrected chi connectivity index (χ0v) is 118. The summed E-state index contributed by atoms with van der Waals surface area (Å²) in [5.74, 6) is 0. The number of nitrogens with zero attached hydrogens (tertiary/aromatic N) is 6. The summed E-state index contributed by atoms with van der Waals surface area (Å²) in [5.41, 5.74) is 0. The van der Waals surface area contributed by atoms with Crippen molar-refractivity contribution in [2.75, 3.05) is 0 Å². The van der Waals surface area contributed by atoms with Crippen molar-refractivity contribution in [1.29, 1.82) is 0 Å². The smallest absolute Gasteiger partial charge is 0.241 e. The van der Waals surface area contributed by atoms with Crippen LogP contribution < -0.4 is 56.8 Å². The van der Waals surface area contributed by atoms with Crippen molar-refractivity contribution in [2.24, 2.45) is 0 Å². The first kappa shape index (κ1) is 992. The van der Waals surface area contributed by atoms with Crippen molar-refractivity contribution < 1.29 is 966 Å². The molecule has 0 aliphatic heterocycles. The van der Waals surface area contributed by atoms with Crippen molar-refractivity contribution in [1.82, 2.24) is 29.9 Å². The van der Waals surface area contributed by atoms with Crippen LogP contribution in [0.1, 0.15) is 38.5 Å². The van der Waals surface area contributed by atoms with E-state index in [2.05, 4.69) is 94.5 Å². The average Bonchev–Trinajstić information content (AvgIpc) is 3.93. The van der Waals surface area contributed by atoms with Crippen molar-refractivity contribution in [3.8, 4) is 0 Å². The van der Waals surface area contributed by atoms with E-state index in [9.17, 15) is 0 Å². The second-order valence-corrected chi connectivity index (χ2v) is 12.9. The van der Waals surface area contributed by atoms with E-state index in [0.717, 1.165) is 39.3 Å². The van der Waals surface area contributed by atoms with Gasteiger partial charge >= 0.3 is 0 Å². The number of nitrogens with one attached hydrogen (secondary N) is 6. The summed E-state index contributed by atoms with van der Waals surface area (Å²) in [6, 6.07) is 0. The molecule has 0 saturated heterocycles. The molecule has 6 N–H and O–H groups in total. The molecule has 92 nitrogen and oxygen atoms in total. The third-order valence-corrected chi connectivity index (χ3v) is 6.86. The summed E-state index contributed by atoms with van der Waals surface area (Å²) in [7, 11) is -10.8. The van der Waals surface area contributed by atoms with Gasteiger partial charge in [0.2, 0.25) is 38.0 Å². The maximum atomic E-state index is 8.55. The Kier molecular flexibility index (Phi) is 4460. The molecular weight excluding hydrogens is 4170 g/mol. The molecule has 0 aliphatic rings. The van der Waals surface area contributed by atoms with Crippen LogP contribution in [0, 0.1) is 0 Å². The Hall–Kier alpha value is 9.12. The van der Waals surface area contributed by atoms with E-state index in [1.54, 1.807) is 0 Å². The minimum atomic E-state index is -5.39. The van der Waals surface area contributed by atoms with E-state index in [1.807, 2.05) is 75.1 Å². The number of aromatic nitrogens is 12. The fourth-order valence-corrected chi connectivity index (χ4v) is 4.52. The molecule has 0 bridgehead atoms. The summed E-state index contributed by atoms with van der Waals surface area (Å²) in [5, 5.41) is 0. The fourth-order valence-electron chi connectivity index (χ4n) is 4.52. The Labute approximate surface area is 1180 Å². The van der Waals surface area contributed by atoms with E-state index in [-0.39, 0.29) is 900 Å². The number of hydrogen-bond donors (Lipinski definition) is 6. The van der Waals surface area contributed by atoms with Crippen molar-refractivity contribution in [3.63, 3.8) is 0 Å². The van der Waals surface area contributed by atoms with E-state index in [1.165, 1.54) is 38.5 Å². The predicted octanol–water partition coefficient (Wildman–Crippen LogP) is -13.1. The average molecular weight is 4220 g/mol.